The van der Waals surface area contributed by atoms with Crippen molar-refractivity contribution in [3.63, 3.8) is 0 Å². The highest BCUT2D eigenvalue weighted by Gasteiger charge is 2.16. The number of nitrogens with one attached hydrogen (secondary N) is 1. The van der Waals surface area contributed by atoms with E-state index in [1.54, 1.807) is 0 Å². The number of hydrogen-bond donors (Lipinski definition) is 1. The minimum atomic E-state index is 0.238. The zero-order chi connectivity index (χ0) is 14.4. The van der Waals surface area contributed by atoms with Gasteiger partial charge in [0.25, 0.3) is 0 Å². The summed E-state index contributed by atoms with van der Waals surface area (Å²) in [5.74, 6) is 0.940. The van der Waals surface area contributed by atoms with Crippen LogP contribution in [0.2, 0.25) is 0 Å². The van der Waals surface area contributed by atoms with E-state index < -0.39 is 0 Å². The Bertz CT molecular complexity index is 417. The van der Waals surface area contributed by atoms with Crippen LogP contribution in [0.25, 0.3) is 0 Å². The largest absolute Gasteiger partial charge is 0.489 e. The Labute approximate surface area is 130 Å². The second-order valence-electron chi connectivity index (χ2n) is 5.56. The number of halogens is 1. The van der Waals surface area contributed by atoms with Crippen molar-refractivity contribution >= 4 is 15.9 Å². The van der Waals surface area contributed by atoms with E-state index >= 15 is 0 Å². The van der Waals surface area contributed by atoms with Crippen LogP contribution in [-0.2, 0) is 11.3 Å². The van der Waals surface area contributed by atoms with Crippen LogP contribution in [0.4, 0.5) is 0 Å². The topological polar surface area (TPSA) is 30.5 Å². The summed E-state index contributed by atoms with van der Waals surface area (Å²) in [6, 6.07) is 6.64. The van der Waals surface area contributed by atoms with Crippen molar-refractivity contribution in [2.45, 2.75) is 51.8 Å². The zero-order valence-electron chi connectivity index (χ0n) is 12.3. The molecule has 1 aliphatic heterocycles. The first-order valence-electron chi connectivity index (χ1n) is 7.42. The van der Waals surface area contributed by atoms with Gasteiger partial charge >= 0.3 is 0 Å². The van der Waals surface area contributed by atoms with Gasteiger partial charge in [0.2, 0.25) is 0 Å². The fourth-order valence-corrected chi connectivity index (χ4v) is 2.81. The molecule has 0 spiro atoms. The SMILES string of the molecule is CC(C)NCc1cccc(Br)c1OCC1CCCCO1. The maximum Gasteiger partial charge on any atom is 0.138 e. The molecule has 0 aromatic heterocycles. The van der Waals surface area contributed by atoms with Crippen LogP contribution >= 0.6 is 15.9 Å². The van der Waals surface area contributed by atoms with Crippen LogP contribution in [-0.4, -0.2) is 25.4 Å². The molecule has 0 bridgehead atoms. The normalized spacial score (nSPS) is 19.3. The number of hydrogen-bond acceptors (Lipinski definition) is 3. The molecule has 112 valence electrons. The van der Waals surface area contributed by atoms with Crippen molar-refractivity contribution in [2.24, 2.45) is 0 Å². The van der Waals surface area contributed by atoms with E-state index in [0.717, 1.165) is 29.8 Å². The highest BCUT2D eigenvalue weighted by atomic mass is 79.9. The van der Waals surface area contributed by atoms with E-state index in [0.29, 0.717) is 12.6 Å². The third-order valence-corrected chi connectivity index (χ3v) is 4.06. The lowest BCUT2D eigenvalue weighted by Gasteiger charge is -2.24. The number of benzene rings is 1. The molecule has 2 rings (SSSR count). The molecule has 1 atom stereocenters. The third kappa shape index (κ3) is 4.76. The molecule has 1 aromatic carbocycles. The average molecular weight is 342 g/mol. The molecule has 3 nitrogen and oxygen atoms in total. The van der Waals surface area contributed by atoms with Crippen molar-refractivity contribution in [3.05, 3.63) is 28.2 Å². The molecule has 1 aromatic rings. The van der Waals surface area contributed by atoms with Gasteiger partial charge in [-0.05, 0) is 41.3 Å². The maximum atomic E-state index is 6.03. The van der Waals surface area contributed by atoms with Crippen LogP contribution in [0.5, 0.6) is 5.75 Å². The van der Waals surface area contributed by atoms with E-state index in [4.69, 9.17) is 9.47 Å². The first kappa shape index (κ1) is 15.8. The molecule has 1 N–H and O–H groups in total. The average Bonchev–Trinajstić information content (AvgIpc) is 2.45. The van der Waals surface area contributed by atoms with Gasteiger partial charge in [0.05, 0.1) is 10.6 Å². The highest BCUT2D eigenvalue weighted by molar-refractivity contribution is 9.10. The first-order valence-corrected chi connectivity index (χ1v) is 8.21. The second-order valence-corrected chi connectivity index (χ2v) is 6.42. The van der Waals surface area contributed by atoms with Crippen LogP contribution in [0.15, 0.2) is 22.7 Å². The standard InChI is InChI=1S/C16H24BrNO2/c1-12(2)18-10-13-6-5-8-15(17)16(13)20-11-14-7-3-4-9-19-14/h5-6,8,12,14,18H,3-4,7,9-11H2,1-2H3. The van der Waals surface area contributed by atoms with Gasteiger partial charge in [-0.15, -0.1) is 0 Å². The fourth-order valence-electron chi connectivity index (χ4n) is 2.28. The van der Waals surface area contributed by atoms with E-state index in [-0.39, 0.29) is 6.10 Å². The molecule has 1 fully saturated rings. The number of ether oxygens (including phenoxy) is 2. The van der Waals surface area contributed by atoms with Crippen molar-refractivity contribution in [1.29, 1.82) is 0 Å². The minimum absolute atomic E-state index is 0.238. The molecule has 0 amide bonds. The lowest BCUT2D eigenvalue weighted by Crippen LogP contribution is -2.26. The molecular formula is C16H24BrNO2. The van der Waals surface area contributed by atoms with E-state index in [1.807, 2.05) is 12.1 Å². The molecule has 1 saturated heterocycles. The van der Waals surface area contributed by atoms with Gasteiger partial charge in [-0.1, -0.05) is 26.0 Å². The summed E-state index contributed by atoms with van der Waals surface area (Å²) in [5, 5.41) is 3.44. The summed E-state index contributed by atoms with van der Waals surface area (Å²) in [7, 11) is 0. The van der Waals surface area contributed by atoms with Gasteiger partial charge < -0.3 is 14.8 Å². The van der Waals surface area contributed by atoms with Gasteiger partial charge in [0, 0.05) is 24.8 Å². The van der Waals surface area contributed by atoms with E-state index in [9.17, 15) is 0 Å². The molecule has 20 heavy (non-hydrogen) atoms. The summed E-state index contributed by atoms with van der Waals surface area (Å²) < 4.78 is 12.8. The summed E-state index contributed by atoms with van der Waals surface area (Å²) in [6.45, 7) is 6.61. The lowest BCUT2D eigenvalue weighted by atomic mass is 10.1. The maximum absolute atomic E-state index is 6.03. The number of para-hydroxylation sites is 1. The Hall–Kier alpha value is -0.580. The van der Waals surface area contributed by atoms with E-state index in [2.05, 4.69) is 41.2 Å². The molecule has 0 aliphatic carbocycles. The smallest absolute Gasteiger partial charge is 0.138 e. The summed E-state index contributed by atoms with van der Waals surface area (Å²) in [6.07, 6.45) is 3.76. The quantitative estimate of drug-likeness (QED) is 0.851. The number of rotatable bonds is 6. The summed E-state index contributed by atoms with van der Waals surface area (Å²) in [4.78, 5) is 0. The Balaban J connectivity index is 1.97. The van der Waals surface area contributed by atoms with Crippen molar-refractivity contribution in [3.8, 4) is 5.75 Å². The molecule has 0 radical (unpaired) electrons. The van der Waals surface area contributed by atoms with Crippen molar-refractivity contribution < 1.29 is 9.47 Å². The fraction of sp³-hybridized carbons (Fsp3) is 0.625. The predicted octanol–water partition coefficient (Wildman–Crippen LogP) is 3.90. The Kier molecular flexibility index (Phi) is 6.33. The van der Waals surface area contributed by atoms with Crippen LogP contribution in [0.3, 0.4) is 0 Å². The van der Waals surface area contributed by atoms with Gasteiger partial charge in [-0.3, -0.25) is 0 Å². The van der Waals surface area contributed by atoms with Gasteiger partial charge in [0.1, 0.15) is 12.4 Å². The predicted molar refractivity (Wildman–Crippen MR) is 85.2 cm³/mol. The van der Waals surface area contributed by atoms with Crippen LogP contribution in [0, 0.1) is 0 Å². The molecule has 1 unspecified atom stereocenters. The Morgan fingerprint density at radius 3 is 2.95 bits per heavy atom. The molecule has 1 heterocycles. The van der Waals surface area contributed by atoms with Crippen LogP contribution in [0.1, 0.15) is 38.7 Å². The molecular weight excluding hydrogens is 318 g/mol. The highest BCUT2D eigenvalue weighted by Crippen LogP contribution is 2.30. The third-order valence-electron chi connectivity index (χ3n) is 3.44. The summed E-state index contributed by atoms with van der Waals surface area (Å²) >= 11 is 3.59. The van der Waals surface area contributed by atoms with Gasteiger partial charge in [0.15, 0.2) is 0 Å². The Morgan fingerprint density at radius 1 is 1.40 bits per heavy atom. The molecule has 0 saturated carbocycles. The Morgan fingerprint density at radius 2 is 2.25 bits per heavy atom. The zero-order valence-corrected chi connectivity index (χ0v) is 13.9. The molecule has 1 aliphatic rings. The summed E-state index contributed by atoms with van der Waals surface area (Å²) in [5.41, 5.74) is 1.18. The van der Waals surface area contributed by atoms with Crippen molar-refractivity contribution in [1.82, 2.24) is 5.32 Å². The van der Waals surface area contributed by atoms with Gasteiger partial charge in [-0.25, -0.2) is 0 Å². The van der Waals surface area contributed by atoms with Crippen LogP contribution < -0.4 is 10.1 Å². The lowest BCUT2D eigenvalue weighted by molar-refractivity contribution is -0.0114. The first-order chi connectivity index (χ1) is 9.66. The molecule has 4 heteroatoms. The van der Waals surface area contributed by atoms with E-state index in [1.165, 1.54) is 18.4 Å². The minimum Gasteiger partial charge on any atom is -0.489 e. The second kappa shape index (κ2) is 8.01. The van der Waals surface area contributed by atoms with Gasteiger partial charge in [-0.2, -0.15) is 0 Å². The monoisotopic (exact) mass is 341 g/mol. The van der Waals surface area contributed by atoms with Crippen molar-refractivity contribution in [2.75, 3.05) is 13.2 Å².